The smallest absolute Gasteiger partial charge is 0.222 e. The SMILES string of the molecule is CC.CC1=NOC(C)(C)CCO1. The van der Waals surface area contributed by atoms with Crippen LogP contribution < -0.4 is 0 Å². The van der Waals surface area contributed by atoms with Crippen molar-refractivity contribution < 1.29 is 9.57 Å². The van der Waals surface area contributed by atoms with E-state index in [1.54, 1.807) is 6.92 Å². The van der Waals surface area contributed by atoms with Gasteiger partial charge in [0, 0.05) is 13.3 Å². The molecular weight excluding hydrogens is 154 g/mol. The summed E-state index contributed by atoms with van der Waals surface area (Å²) in [4.78, 5) is 5.17. The molecule has 3 heteroatoms. The molecule has 0 aromatic carbocycles. The van der Waals surface area contributed by atoms with E-state index in [1.807, 2.05) is 27.7 Å². The Labute approximate surface area is 74.7 Å². The van der Waals surface area contributed by atoms with Crippen molar-refractivity contribution in [1.82, 2.24) is 0 Å². The van der Waals surface area contributed by atoms with Crippen LogP contribution in [0.4, 0.5) is 0 Å². The minimum absolute atomic E-state index is 0.169. The van der Waals surface area contributed by atoms with E-state index in [1.165, 1.54) is 0 Å². The first-order valence-electron chi connectivity index (χ1n) is 4.46. The lowest BCUT2D eigenvalue weighted by Crippen LogP contribution is -2.21. The summed E-state index contributed by atoms with van der Waals surface area (Å²) in [6.45, 7) is 10.5. The fourth-order valence-corrected chi connectivity index (χ4v) is 0.704. The molecule has 72 valence electrons. The predicted molar refractivity (Wildman–Crippen MR) is 50.2 cm³/mol. The molecule has 0 aromatic rings. The summed E-state index contributed by atoms with van der Waals surface area (Å²) in [7, 11) is 0. The second kappa shape index (κ2) is 5.01. The third kappa shape index (κ3) is 4.21. The van der Waals surface area contributed by atoms with Crippen molar-refractivity contribution in [2.75, 3.05) is 6.61 Å². The summed E-state index contributed by atoms with van der Waals surface area (Å²) in [6, 6.07) is 0. The lowest BCUT2D eigenvalue weighted by molar-refractivity contribution is -0.0167. The lowest BCUT2D eigenvalue weighted by Gasteiger charge is -2.17. The summed E-state index contributed by atoms with van der Waals surface area (Å²) in [6.07, 6.45) is 0.883. The first-order chi connectivity index (χ1) is 5.60. The first kappa shape index (κ1) is 11.3. The second-order valence-electron chi connectivity index (χ2n) is 3.06. The van der Waals surface area contributed by atoms with Crippen molar-refractivity contribution in [2.24, 2.45) is 5.16 Å². The van der Waals surface area contributed by atoms with Crippen LogP contribution in [-0.2, 0) is 9.57 Å². The maximum absolute atomic E-state index is 5.17. The largest absolute Gasteiger partial charge is 0.479 e. The van der Waals surface area contributed by atoms with E-state index >= 15 is 0 Å². The van der Waals surface area contributed by atoms with Crippen LogP contribution in [0.15, 0.2) is 5.16 Å². The van der Waals surface area contributed by atoms with E-state index < -0.39 is 0 Å². The molecule has 1 rings (SSSR count). The van der Waals surface area contributed by atoms with Crippen molar-refractivity contribution in [1.29, 1.82) is 0 Å². The van der Waals surface area contributed by atoms with Crippen LogP contribution in [0, 0.1) is 0 Å². The number of rotatable bonds is 0. The Kier molecular flexibility index (Phi) is 4.71. The Morgan fingerprint density at radius 2 is 1.92 bits per heavy atom. The topological polar surface area (TPSA) is 30.8 Å². The van der Waals surface area contributed by atoms with Gasteiger partial charge in [-0.3, -0.25) is 0 Å². The van der Waals surface area contributed by atoms with Gasteiger partial charge in [0.05, 0.1) is 6.61 Å². The van der Waals surface area contributed by atoms with Crippen LogP contribution >= 0.6 is 0 Å². The van der Waals surface area contributed by atoms with Gasteiger partial charge in [-0.15, -0.1) is 0 Å². The van der Waals surface area contributed by atoms with Crippen molar-refractivity contribution in [2.45, 2.75) is 46.6 Å². The molecule has 1 heterocycles. The molecule has 0 saturated heterocycles. The maximum atomic E-state index is 5.17. The normalized spacial score (nSPS) is 20.2. The highest BCUT2D eigenvalue weighted by Crippen LogP contribution is 2.17. The van der Waals surface area contributed by atoms with Crippen LogP contribution in [0.25, 0.3) is 0 Å². The molecular formula is C9H19NO2. The van der Waals surface area contributed by atoms with Gasteiger partial charge in [0.25, 0.3) is 0 Å². The summed E-state index contributed by atoms with van der Waals surface area (Å²) in [5, 5.41) is 3.77. The van der Waals surface area contributed by atoms with Crippen molar-refractivity contribution in [3.63, 3.8) is 0 Å². The van der Waals surface area contributed by atoms with Crippen LogP contribution in [0.3, 0.4) is 0 Å². The monoisotopic (exact) mass is 173 g/mol. The standard InChI is InChI=1S/C7H13NO2.C2H6/c1-6-8-10-7(2,3)4-5-9-6;1-2/h4-5H2,1-3H3;1-2H3. The van der Waals surface area contributed by atoms with Gasteiger partial charge in [-0.05, 0) is 13.8 Å². The van der Waals surface area contributed by atoms with Gasteiger partial charge in [-0.1, -0.05) is 19.0 Å². The molecule has 0 spiro atoms. The molecule has 0 radical (unpaired) electrons. The average Bonchev–Trinajstić information content (AvgIpc) is 2.17. The van der Waals surface area contributed by atoms with E-state index in [0.717, 1.165) is 6.42 Å². The maximum Gasteiger partial charge on any atom is 0.222 e. The van der Waals surface area contributed by atoms with Crippen molar-refractivity contribution >= 4 is 5.90 Å². The van der Waals surface area contributed by atoms with Gasteiger partial charge < -0.3 is 9.57 Å². The Morgan fingerprint density at radius 1 is 1.33 bits per heavy atom. The van der Waals surface area contributed by atoms with Gasteiger partial charge in [-0.2, -0.15) is 0 Å². The van der Waals surface area contributed by atoms with E-state index in [-0.39, 0.29) is 5.60 Å². The Morgan fingerprint density at radius 3 is 2.50 bits per heavy atom. The molecule has 12 heavy (non-hydrogen) atoms. The lowest BCUT2D eigenvalue weighted by atomic mass is 10.1. The van der Waals surface area contributed by atoms with Crippen LogP contribution in [-0.4, -0.2) is 18.1 Å². The molecule has 0 amide bonds. The second-order valence-corrected chi connectivity index (χ2v) is 3.06. The summed E-state index contributed by atoms with van der Waals surface area (Å²) in [5.41, 5.74) is -0.169. The third-order valence-electron chi connectivity index (χ3n) is 1.44. The number of hydrogen-bond donors (Lipinski definition) is 0. The predicted octanol–water partition coefficient (Wildman–Crippen LogP) is 2.56. The highest BCUT2D eigenvalue weighted by atomic mass is 16.7. The van der Waals surface area contributed by atoms with E-state index in [9.17, 15) is 0 Å². The zero-order valence-corrected chi connectivity index (χ0v) is 8.68. The highest BCUT2D eigenvalue weighted by Gasteiger charge is 2.22. The van der Waals surface area contributed by atoms with Crippen LogP contribution in [0.2, 0.25) is 0 Å². The van der Waals surface area contributed by atoms with E-state index in [0.29, 0.717) is 12.5 Å². The van der Waals surface area contributed by atoms with Gasteiger partial charge in [0.15, 0.2) is 0 Å². The van der Waals surface area contributed by atoms with Crippen molar-refractivity contribution in [3.05, 3.63) is 0 Å². The van der Waals surface area contributed by atoms with Gasteiger partial charge in [-0.25, -0.2) is 0 Å². The molecule has 0 fully saturated rings. The molecule has 0 saturated carbocycles. The van der Waals surface area contributed by atoms with Crippen molar-refractivity contribution in [3.8, 4) is 0 Å². The number of ether oxygens (including phenoxy) is 1. The zero-order valence-electron chi connectivity index (χ0n) is 8.68. The third-order valence-corrected chi connectivity index (χ3v) is 1.44. The summed E-state index contributed by atoms with van der Waals surface area (Å²) >= 11 is 0. The average molecular weight is 173 g/mol. The number of oxime groups is 1. The quantitative estimate of drug-likeness (QED) is 0.563. The van der Waals surface area contributed by atoms with Gasteiger partial charge >= 0.3 is 0 Å². The fourth-order valence-electron chi connectivity index (χ4n) is 0.704. The molecule has 0 atom stereocenters. The van der Waals surface area contributed by atoms with Crippen LogP contribution in [0.1, 0.15) is 41.0 Å². The fraction of sp³-hybridized carbons (Fsp3) is 0.889. The molecule has 0 bridgehead atoms. The Balaban J connectivity index is 0.000000561. The van der Waals surface area contributed by atoms with E-state index in [2.05, 4.69) is 5.16 Å². The minimum Gasteiger partial charge on any atom is -0.479 e. The molecule has 0 unspecified atom stereocenters. The number of nitrogens with zero attached hydrogens (tertiary/aromatic N) is 1. The van der Waals surface area contributed by atoms with Gasteiger partial charge in [0.1, 0.15) is 5.60 Å². The molecule has 0 N–H and O–H groups in total. The first-order valence-corrected chi connectivity index (χ1v) is 4.46. The molecule has 0 aromatic heterocycles. The summed E-state index contributed by atoms with van der Waals surface area (Å²) < 4.78 is 5.16. The van der Waals surface area contributed by atoms with Gasteiger partial charge in [0.2, 0.25) is 5.90 Å². The number of hydrogen-bond acceptors (Lipinski definition) is 3. The minimum atomic E-state index is -0.169. The van der Waals surface area contributed by atoms with E-state index in [4.69, 9.17) is 9.57 Å². The zero-order chi connectivity index (χ0) is 9.61. The Hall–Kier alpha value is -0.730. The Bertz CT molecular complexity index is 153. The molecule has 1 aliphatic heterocycles. The van der Waals surface area contributed by atoms with Crippen LogP contribution in [0.5, 0.6) is 0 Å². The molecule has 1 aliphatic rings. The summed E-state index contributed by atoms with van der Waals surface area (Å²) in [5.74, 6) is 0.616. The molecule has 3 nitrogen and oxygen atoms in total. The molecule has 0 aliphatic carbocycles. The highest BCUT2D eigenvalue weighted by molar-refractivity contribution is 5.72.